The second kappa shape index (κ2) is 6.38. The fourth-order valence-corrected chi connectivity index (χ4v) is 2.19. The highest BCUT2D eigenvalue weighted by molar-refractivity contribution is 8.00. The van der Waals surface area contributed by atoms with Crippen molar-refractivity contribution >= 4 is 23.3 Å². The van der Waals surface area contributed by atoms with E-state index >= 15 is 0 Å². The smallest absolute Gasteiger partial charge is 0.301 e. The summed E-state index contributed by atoms with van der Waals surface area (Å²) in [5.74, 6) is 5.57. The molecule has 1 heterocycles. The predicted octanol–water partition coefficient (Wildman–Crippen LogP) is 1.14. The molecule has 0 saturated heterocycles. The molecule has 1 atom stereocenters. The van der Waals surface area contributed by atoms with Gasteiger partial charge in [0.1, 0.15) is 5.82 Å². The van der Waals surface area contributed by atoms with E-state index in [1.165, 1.54) is 23.9 Å². The summed E-state index contributed by atoms with van der Waals surface area (Å²) in [4.78, 5) is 14.4. The molecule has 1 aromatic heterocycles. The van der Waals surface area contributed by atoms with Crippen molar-refractivity contribution in [1.82, 2.24) is 4.98 Å². The SMILES string of the molecule is CC(CCO)Sc1nc(NN)ccc1[N+](=O)[O-]. The fraction of sp³-hybridized carbons (Fsp3) is 0.444. The van der Waals surface area contributed by atoms with Crippen LogP contribution in [0.4, 0.5) is 11.5 Å². The number of nitrogens with one attached hydrogen (secondary N) is 1. The first-order valence-electron chi connectivity index (χ1n) is 4.98. The van der Waals surface area contributed by atoms with Gasteiger partial charge in [-0.2, -0.15) is 0 Å². The normalized spacial score (nSPS) is 12.2. The Morgan fingerprint density at radius 2 is 2.41 bits per heavy atom. The monoisotopic (exact) mass is 258 g/mol. The zero-order valence-electron chi connectivity index (χ0n) is 9.29. The Kier molecular flexibility index (Phi) is 5.13. The van der Waals surface area contributed by atoms with Crippen LogP contribution in [-0.2, 0) is 0 Å². The molecular weight excluding hydrogens is 244 g/mol. The van der Waals surface area contributed by atoms with Crippen molar-refractivity contribution in [2.45, 2.75) is 23.6 Å². The van der Waals surface area contributed by atoms with E-state index in [-0.39, 0.29) is 17.5 Å². The van der Waals surface area contributed by atoms with Crippen LogP contribution in [0.2, 0.25) is 0 Å². The molecule has 1 rings (SSSR count). The van der Waals surface area contributed by atoms with Gasteiger partial charge in [-0.1, -0.05) is 18.7 Å². The molecule has 0 fully saturated rings. The van der Waals surface area contributed by atoms with Gasteiger partial charge < -0.3 is 10.5 Å². The third-order valence-corrected chi connectivity index (χ3v) is 3.19. The third-order valence-electron chi connectivity index (χ3n) is 2.03. The number of aliphatic hydroxyl groups is 1. The van der Waals surface area contributed by atoms with Gasteiger partial charge in [0, 0.05) is 17.9 Å². The van der Waals surface area contributed by atoms with Crippen molar-refractivity contribution in [2.24, 2.45) is 5.84 Å². The lowest BCUT2D eigenvalue weighted by atomic mass is 10.3. The minimum absolute atomic E-state index is 0.0385. The fourth-order valence-electron chi connectivity index (χ4n) is 1.17. The number of hydrogen-bond acceptors (Lipinski definition) is 7. The van der Waals surface area contributed by atoms with Gasteiger partial charge in [0.05, 0.1) is 4.92 Å². The number of nitrogens with zero attached hydrogens (tertiary/aromatic N) is 2. The highest BCUT2D eigenvalue weighted by Crippen LogP contribution is 2.32. The van der Waals surface area contributed by atoms with Crippen LogP contribution in [0.1, 0.15) is 13.3 Å². The van der Waals surface area contributed by atoms with Crippen molar-refractivity contribution in [2.75, 3.05) is 12.0 Å². The van der Waals surface area contributed by atoms with Crippen LogP contribution < -0.4 is 11.3 Å². The molecule has 1 unspecified atom stereocenters. The summed E-state index contributed by atoms with van der Waals surface area (Å²) in [6.45, 7) is 1.91. The van der Waals surface area contributed by atoms with E-state index in [1.54, 1.807) is 0 Å². The number of thioether (sulfide) groups is 1. The number of hydrogen-bond donors (Lipinski definition) is 3. The number of aliphatic hydroxyl groups excluding tert-OH is 1. The number of rotatable bonds is 6. The third kappa shape index (κ3) is 3.84. The van der Waals surface area contributed by atoms with Crippen molar-refractivity contribution < 1.29 is 10.0 Å². The minimum atomic E-state index is -0.485. The van der Waals surface area contributed by atoms with Crippen LogP contribution in [0.25, 0.3) is 0 Å². The van der Waals surface area contributed by atoms with Crippen molar-refractivity contribution in [1.29, 1.82) is 0 Å². The van der Waals surface area contributed by atoms with Gasteiger partial charge in [-0.3, -0.25) is 10.1 Å². The first-order chi connectivity index (χ1) is 8.08. The van der Waals surface area contributed by atoms with Crippen LogP contribution in [0.5, 0.6) is 0 Å². The van der Waals surface area contributed by atoms with Crippen LogP contribution in [0, 0.1) is 10.1 Å². The molecule has 0 saturated carbocycles. The Balaban J connectivity index is 2.96. The number of hydrazine groups is 1. The zero-order valence-corrected chi connectivity index (χ0v) is 10.1. The largest absolute Gasteiger partial charge is 0.396 e. The zero-order chi connectivity index (χ0) is 12.8. The Hall–Kier alpha value is -1.38. The van der Waals surface area contributed by atoms with Crippen LogP contribution in [0.15, 0.2) is 17.2 Å². The van der Waals surface area contributed by atoms with Gasteiger partial charge in [-0.05, 0) is 12.5 Å². The Labute approximate surface area is 103 Å². The maximum absolute atomic E-state index is 10.8. The van der Waals surface area contributed by atoms with Gasteiger partial charge in [0.15, 0.2) is 5.03 Å². The van der Waals surface area contributed by atoms with Crippen LogP contribution >= 0.6 is 11.8 Å². The number of pyridine rings is 1. The van der Waals surface area contributed by atoms with E-state index in [4.69, 9.17) is 10.9 Å². The molecule has 0 aromatic carbocycles. The summed E-state index contributed by atoms with van der Waals surface area (Å²) in [7, 11) is 0. The number of aromatic nitrogens is 1. The molecule has 0 aliphatic rings. The average Bonchev–Trinajstić information content (AvgIpc) is 2.28. The van der Waals surface area contributed by atoms with Gasteiger partial charge in [-0.15, -0.1) is 0 Å². The molecular formula is C9H14N4O3S. The van der Waals surface area contributed by atoms with Gasteiger partial charge in [0.2, 0.25) is 0 Å². The standard InChI is InChI=1S/C9H14N4O3S/c1-6(4-5-14)17-9-7(13(15)16)2-3-8(11-9)12-10/h2-3,6,14H,4-5,10H2,1H3,(H,11,12). The molecule has 0 amide bonds. The maximum Gasteiger partial charge on any atom is 0.301 e. The number of nitrogens with two attached hydrogens (primary N) is 1. The highest BCUT2D eigenvalue weighted by Gasteiger charge is 2.18. The van der Waals surface area contributed by atoms with E-state index in [2.05, 4.69) is 10.4 Å². The van der Waals surface area contributed by atoms with E-state index in [1.807, 2.05) is 6.92 Å². The molecule has 4 N–H and O–H groups in total. The summed E-state index contributed by atoms with van der Waals surface area (Å²) in [6, 6.07) is 2.80. The molecule has 0 aliphatic carbocycles. The molecule has 0 spiro atoms. The summed E-state index contributed by atoms with van der Waals surface area (Å²) < 4.78 is 0. The summed E-state index contributed by atoms with van der Waals surface area (Å²) in [5, 5.41) is 19.9. The van der Waals surface area contributed by atoms with Crippen LogP contribution in [-0.4, -0.2) is 26.9 Å². The second-order valence-electron chi connectivity index (χ2n) is 3.36. The maximum atomic E-state index is 10.8. The summed E-state index contributed by atoms with van der Waals surface area (Å²) in [5.41, 5.74) is 2.29. The highest BCUT2D eigenvalue weighted by atomic mass is 32.2. The topological polar surface area (TPSA) is 114 Å². The average molecular weight is 258 g/mol. The molecule has 94 valence electrons. The predicted molar refractivity (Wildman–Crippen MR) is 65.7 cm³/mol. The quantitative estimate of drug-likeness (QED) is 0.303. The molecule has 17 heavy (non-hydrogen) atoms. The van der Waals surface area contributed by atoms with E-state index < -0.39 is 4.92 Å². The molecule has 1 aromatic rings. The van der Waals surface area contributed by atoms with Crippen molar-refractivity contribution in [3.63, 3.8) is 0 Å². The Morgan fingerprint density at radius 3 is 2.94 bits per heavy atom. The molecule has 8 heteroatoms. The molecule has 0 bridgehead atoms. The second-order valence-corrected chi connectivity index (χ2v) is 4.79. The van der Waals surface area contributed by atoms with E-state index in [9.17, 15) is 10.1 Å². The lowest BCUT2D eigenvalue weighted by Crippen LogP contribution is -2.10. The van der Waals surface area contributed by atoms with Crippen molar-refractivity contribution in [3.05, 3.63) is 22.2 Å². The molecule has 7 nitrogen and oxygen atoms in total. The van der Waals surface area contributed by atoms with Crippen LogP contribution in [0.3, 0.4) is 0 Å². The van der Waals surface area contributed by atoms with Gasteiger partial charge >= 0.3 is 5.69 Å². The van der Waals surface area contributed by atoms with Crippen molar-refractivity contribution in [3.8, 4) is 0 Å². The number of anilines is 1. The van der Waals surface area contributed by atoms with E-state index in [0.717, 1.165) is 0 Å². The number of nitro groups is 1. The van der Waals surface area contributed by atoms with E-state index in [0.29, 0.717) is 17.3 Å². The Morgan fingerprint density at radius 1 is 1.71 bits per heavy atom. The first-order valence-corrected chi connectivity index (χ1v) is 5.86. The summed E-state index contributed by atoms with van der Waals surface area (Å²) >= 11 is 1.24. The molecule has 0 radical (unpaired) electrons. The lowest BCUT2D eigenvalue weighted by molar-refractivity contribution is -0.388. The lowest BCUT2D eigenvalue weighted by Gasteiger charge is -2.09. The minimum Gasteiger partial charge on any atom is -0.396 e. The Bertz CT molecular complexity index is 402. The summed E-state index contributed by atoms with van der Waals surface area (Å²) in [6.07, 6.45) is 0.545. The van der Waals surface area contributed by atoms with Gasteiger partial charge in [-0.25, -0.2) is 10.8 Å². The number of nitrogen functional groups attached to an aromatic ring is 1. The molecule has 0 aliphatic heterocycles. The van der Waals surface area contributed by atoms with Gasteiger partial charge in [0.25, 0.3) is 0 Å². The first kappa shape index (κ1) is 13.7.